The minimum Gasteiger partial charge on any atom is -0.369 e. The Morgan fingerprint density at radius 3 is 2.45 bits per heavy atom. The molecule has 2 aromatic carbocycles. The summed E-state index contributed by atoms with van der Waals surface area (Å²) in [6, 6.07) is 11.3. The van der Waals surface area contributed by atoms with Gasteiger partial charge in [-0.15, -0.1) is 0 Å². The number of anilines is 2. The van der Waals surface area contributed by atoms with Gasteiger partial charge in [-0.3, -0.25) is 4.79 Å². The van der Waals surface area contributed by atoms with Crippen LogP contribution in [0.2, 0.25) is 0 Å². The molecule has 0 saturated heterocycles. The molecule has 1 fully saturated rings. The molecule has 0 spiro atoms. The van der Waals surface area contributed by atoms with E-state index in [0.717, 1.165) is 0 Å². The van der Waals surface area contributed by atoms with Crippen LogP contribution in [0.3, 0.4) is 0 Å². The lowest BCUT2D eigenvalue weighted by molar-refractivity contribution is -0.120. The van der Waals surface area contributed by atoms with Crippen molar-refractivity contribution in [2.75, 3.05) is 5.32 Å². The van der Waals surface area contributed by atoms with E-state index in [0.29, 0.717) is 36.2 Å². The van der Waals surface area contributed by atoms with E-state index in [1.807, 2.05) is 0 Å². The molecule has 0 aromatic heterocycles. The molecule has 1 saturated carbocycles. The predicted octanol–water partition coefficient (Wildman–Crippen LogP) is 4.36. The molecule has 0 bridgehead atoms. The average Bonchev–Trinajstić information content (AvgIpc) is 2.66. The highest BCUT2D eigenvalue weighted by Crippen LogP contribution is 2.43. The van der Waals surface area contributed by atoms with Crippen LogP contribution in [-0.2, 0) is 14.6 Å². The number of primary amides is 1. The van der Waals surface area contributed by atoms with Crippen LogP contribution in [0, 0.1) is 5.92 Å². The number of carbonyl (C=O) groups is 1. The van der Waals surface area contributed by atoms with Crippen LogP contribution in [-0.4, -0.2) is 20.2 Å². The number of nitrogens with one attached hydrogen (secondary N) is 1. The van der Waals surface area contributed by atoms with E-state index in [1.165, 1.54) is 6.07 Å². The van der Waals surface area contributed by atoms with Crippen molar-refractivity contribution >= 4 is 27.1 Å². The van der Waals surface area contributed by atoms with E-state index in [-0.39, 0.29) is 28.6 Å². The van der Waals surface area contributed by atoms with Crippen molar-refractivity contribution in [1.82, 2.24) is 0 Å². The maximum Gasteiger partial charge on any atom is 0.248 e. The zero-order chi connectivity index (χ0) is 20.8. The third-order valence-electron chi connectivity index (χ3n) is 5.89. The lowest BCUT2D eigenvalue weighted by Gasteiger charge is -2.30. The third kappa shape index (κ3) is 3.73. The summed E-state index contributed by atoms with van der Waals surface area (Å²) in [5.74, 6) is -3.84. The number of hydrogen-bond donors (Lipinski definition) is 2. The SMILES string of the molecule is NC(=O)C(CC1CCC(F)(F)CC1)c1ccc2c(c1)Nc1ccccc1S2(=O)=O. The predicted molar refractivity (Wildman–Crippen MR) is 105 cm³/mol. The second-order valence-electron chi connectivity index (χ2n) is 7.87. The molecule has 0 radical (unpaired) electrons. The molecule has 5 nitrogen and oxygen atoms in total. The number of hydrogen-bond acceptors (Lipinski definition) is 4. The molecule has 8 heteroatoms. The second-order valence-corrected chi connectivity index (χ2v) is 9.76. The molecule has 154 valence electrons. The fourth-order valence-corrected chi connectivity index (χ4v) is 5.80. The second kappa shape index (κ2) is 7.09. The summed E-state index contributed by atoms with van der Waals surface area (Å²) in [6.45, 7) is 0. The lowest BCUT2D eigenvalue weighted by Crippen LogP contribution is -2.29. The van der Waals surface area contributed by atoms with Crippen molar-refractivity contribution in [3.63, 3.8) is 0 Å². The largest absolute Gasteiger partial charge is 0.369 e. The van der Waals surface area contributed by atoms with Crippen molar-refractivity contribution < 1.29 is 22.0 Å². The lowest BCUT2D eigenvalue weighted by atomic mass is 9.79. The first-order chi connectivity index (χ1) is 13.7. The molecule has 3 N–H and O–H groups in total. The first kappa shape index (κ1) is 19.8. The Bertz CT molecular complexity index is 1060. The number of halogens is 2. The topological polar surface area (TPSA) is 89.3 Å². The van der Waals surface area contributed by atoms with Crippen molar-refractivity contribution in [1.29, 1.82) is 0 Å². The molecular weight excluding hydrogens is 398 g/mol. The number of carbonyl (C=O) groups excluding carboxylic acids is 1. The first-order valence-electron chi connectivity index (χ1n) is 9.60. The highest BCUT2D eigenvalue weighted by Gasteiger charge is 2.37. The molecule has 1 aliphatic carbocycles. The summed E-state index contributed by atoms with van der Waals surface area (Å²) in [5, 5.41) is 3.11. The van der Waals surface area contributed by atoms with Crippen LogP contribution in [0.4, 0.5) is 20.2 Å². The molecule has 1 aliphatic heterocycles. The van der Waals surface area contributed by atoms with Crippen molar-refractivity contribution in [3.05, 3.63) is 48.0 Å². The highest BCUT2D eigenvalue weighted by atomic mass is 32.2. The summed E-state index contributed by atoms with van der Waals surface area (Å²) < 4.78 is 52.6. The van der Waals surface area contributed by atoms with Crippen LogP contribution in [0.15, 0.2) is 52.3 Å². The zero-order valence-corrected chi connectivity index (χ0v) is 16.5. The minimum absolute atomic E-state index is 0.0134. The number of sulfone groups is 1. The summed E-state index contributed by atoms with van der Waals surface area (Å²) in [5.41, 5.74) is 7.08. The Morgan fingerprint density at radius 2 is 1.76 bits per heavy atom. The Labute approximate surface area is 168 Å². The summed E-state index contributed by atoms with van der Waals surface area (Å²) >= 11 is 0. The van der Waals surface area contributed by atoms with Crippen LogP contribution in [0.25, 0.3) is 0 Å². The maximum absolute atomic E-state index is 13.4. The maximum atomic E-state index is 13.4. The quantitative estimate of drug-likeness (QED) is 0.656. The van der Waals surface area contributed by atoms with E-state index in [9.17, 15) is 22.0 Å². The number of nitrogens with two attached hydrogens (primary N) is 1. The fraction of sp³-hybridized carbons (Fsp3) is 0.381. The molecular formula is C21H22F2N2O3S. The van der Waals surface area contributed by atoms with Crippen LogP contribution in [0.5, 0.6) is 0 Å². The van der Waals surface area contributed by atoms with Gasteiger partial charge in [-0.05, 0) is 55.0 Å². The van der Waals surface area contributed by atoms with Gasteiger partial charge in [0.15, 0.2) is 0 Å². The monoisotopic (exact) mass is 420 g/mol. The summed E-state index contributed by atoms with van der Waals surface area (Å²) in [4.78, 5) is 12.5. The fourth-order valence-electron chi connectivity index (χ4n) is 4.25. The Morgan fingerprint density at radius 1 is 1.10 bits per heavy atom. The minimum atomic E-state index is -3.67. The Balaban J connectivity index is 1.63. The van der Waals surface area contributed by atoms with Gasteiger partial charge in [0.25, 0.3) is 0 Å². The molecule has 1 heterocycles. The first-order valence-corrected chi connectivity index (χ1v) is 11.1. The Hall–Kier alpha value is -2.48. The van der Waals surface area contributed by atoms with Crippen LogP contribution < -0.4 is 11.1 Å². The van der Waals surface area contributed by atoms with Crippen LogP contribution in [0.1, 0.15) is 43.6 Å². The zero-order valence-electron chi connectivity index (χ0n) is 15.7. The molecule has 4 rings (SSSR count). The standard InChI is InChI=1S/C21H22F2N2O3S/c22-21(23)9-7-13(8-10-21)11-15(20(24)26)14-5-6-19-17(12-14)25-16-3-1-2-4-18(16)29(19,27)28/h1-6,12-13,15,25H,7-11H2,(H2,24,26). The van der Waals surface area contributed by atoms with E-state index < -0.39 is 27.6 Å². The van der Waals surface area contributed by atoms with E-state index >= 15 is 0 Å². The molecule has 29 heavy (non-hydrogen) atoms. The van der Waals surface area contributed by atoms with Gasteiger partial charge in [0, 0.05) is 12.8 Å². The third-order valence-corrected chi connectivity index (χ3v) is 7.76. The van der Waals surface area contributed by atoms with Gasteiger partial charge < -0.3 is 11.1 Å². The van der Waals surface area contributed by atoms with E-state index in [2.05, 4.69) is 5.32 Å². The summed E-state index contributed by atoms with van der Waals surface area (Å²) in [6.07, 6.45) is 0.727. The van der Waals surface area contributed by atoms with E-state index in [1.54, 1.807) is 36.4 Å². The normalized spacial score (nSPS) is 20.8. The number of para-hydroxylation sites is 1. The highest BCUT2D eigenvalue weighted by molar-refractivity contribution is 7.92. The van der Waals surface area contributed by atoms with Gasteiger partial charge >= 0.3 is 0 Å². The number of fused-ring (bicyclic) bond motifs is 2. The summed E-state index contributed by atoms with van der Waals surface area (Å²) in [7, 11) is -3.67. The van der Waals surface area contributed by atoms with Gasteiger partial charge in [-0.25, -0.2) is 17.2 Å². The van der Waals surface area contributed by atoms with E-state index in [4.69, 9.17) is 5.73 Å². The van der Waals surface area contributed by atoms with Crippen LogP contribution >= 0.6 is 0 Å². The van der Waals surface area contributed by atoms with Gasteiger partial charge in [-0.2, -0.15) is 0 Å². The molecule has 1 unspecified atom stereocenters. The van der Waals surface area contributed by atoms with Crippen molar-refractivity contribution in [3.8, 4) is 0 Å². The molecule has 1 atom stereocenters. The number of amides is 1. The van der Waals surface area contributed by atoms with Crippen molar-refractivity contribution in [2.24, 2.45) is 11.7 Å². The van der Waals surface area contributed by atoms with Gasteiger partial charge in [0.2, 0.25) is 21.7 Å². The molecule has 2 aromatic rings. The van der Waals surface area contributed by atoms with Crippen molar-refractivity contribution in [2.45, 2.75) is 53.7 Å². The van der Waals surface area contributed by atoms with Gasteiger partial charge in [0.05, 0.1) is 27.1 Å². The average molecular weight is 420 g/mol. The number of benzene rings is 2. The van der Waals surface area contributed by atoms with Gasteiger partial charge in [0.1, 0.15) is 0 Å². The molecule has 2 aliphatic rings. The number of rotatable bonds is 4. The van der Waals surface area contributed by atoms with Gasteiger partial charge in [-0.1, -0.05) is 18.2 Å². The Kier molecular flexibility index (Phi) is 4.85. The smallest absolute Gasteiger partial charge is 0.248 e. The molecule has 1 amide bonds. The number of alkyl halides is 2.